The average molecular weight is 203 g/mol. The summed E-state index contributed by atoms with van der Waals surface area (Å²) < 4.78 is 0. The van der Waals surface area contributed by atoms with Crippen LogP contribution in [0.4, 0.5) is 0 Å². The third-order valence-corrected chi connectivity index (χ3v) is 0. The second-order valence-electron chi connectivity index (χ2n) is 0.105. The van der Waals surface area contributed by atoms with Crippen LogP contribution in [0.2, 0.25) is 0 Å². The molecule has 0 unspecified atom stereocenters. The minimum absolute atomic E-state index is 0. The van der Waals surface area contributed by atoms with E-state index < -0.39 is 0 Å². The standard InChI is InChI=1S/CH2O2.Gd/c2-1-3;/h1H,(H,2,3);. The molecule has 0 aliphatic heterocycles. The predicted molar refractivity (Wildman–Crippen MR) is 8.69 cm³/mol. The first kappa shape index (κ1) is 8.84. The van der Waals surface area contributed by atoms with Crippen molar-refractivity contribution in [2.24, 2.45) is 0 Å². The first-order chi connectivity index (χ1) is 1.41. The predicted octanol–water partition coefficient (Wildman–Crippen LogP) is -0.299. The van der Waals surface area contributed by atoms with Gasteiger partial charge in [0.25, 0.3) is 6.47 Å². The summed E-state index contributed by atoms with van der Waals surface area (Å²) >= 11 is 0. The summed E-state index contributed by atoms with van der Waals surface area (Å²) in [7, 11) is 0. The molecule has 0 spiro atoms. The van der Waals surface area contributed by atoms with Crippen molar-refractivity contribution in [1.82, 2.24) is 0 Å². The van der Waals surface area contributed by atoms with Crippen LogP contribution in [0.5, 0.6) is 0 Å². The smallest absolute Gasteiger partial charge is 0.290 e. The van der Waals surface area contributed by atoms with Gasteiger partial charge in [-0.3, -0.25) is 4.79 Å². The molecule has 1 N–H and O–H groups in total. The van der Waals surface area contributed by atoms with E-state index in [0.29, 0.717) is 0 Å². The zero-order chi connectivity index (χ0) is 2.71. The molecule has 3 heteroatoms. The fourth-order valence-corrected chi connectivity index (χ4v) is 0. The van der Waals surface area contributed by atoms with Crippen LogP contribution in [0, 0.1) is 39.9 Å². The minimum atomic E-state index is -0.250. The maximum absolute atomic E-state index is 8.36. The van der Waals surface area contributed by atoms with Crippen molar-refractivity contribution in [2.45, 2.75) is 0 Å². The topological polar surface area (TPSA) is 37.3 Å². The molecular formula is CH2GdO2. The number of hydrogen-bond acceptors (Lipinski definition) is 1. The van der Waals surface area contributed by atoms with Crippen molar-refractivity contribution in [3.8, 4) is 0 Å². The molecule has 0 fully saturated rings. The van der Waals surface area contributed by atoms with Crippen molar-refractivity contribution in [3.05, 3.63) is 0 Å². The molecule has 0 atom stereocenters. The summed E-state index contributed by atoms with van der Waals surface area (Å²) in [6.07, 6.45) is 0. The number of carbonyl (C=O) groups is 1. The third kappa shape index (κ3) is 14.3. The van der Waals surface area contributed by atoms with Crippen LogP contribution < -0.4 is 0 Å². The third-order valence-electron chi connectivity index (χ3n) is 0. The maximum Gasteiger partial charge on any atom is 0.290 e. The van der Waals surface area contributed by atoms with Crippen molar-refractivity contribution in [1.29, 1.82) is 0 Å². The summed E-state index contributed by atoms with van der Waals surface area (Å²) in [6, 6.07) is 0. The Hall–Kier alpha value is 0.795. The molecule has 0 radical (unpaired) electrons. The van der Waals surface area contributed by atoms with E-state index in [4.69, 9.17) is 9.90 Å². The van der Waals surface area contributed by atoms with Gasteiger partial charge in [0.15, 0.2) is 0 Å². The summed E-state index contributed by atoms with van der Waals surface area (Å²) in [5.74, 6) is 0. The van der Waals surface area contributed by atoms with Crippen LogP contribution in [0.3, 0.4) is 0 Å². The first-order valence-corrected chi connectivity index (χ1v) is 0.494. The van der Waals surface area contributed by atoms with Crippen LogP contribution in [-0.4, -0.2) is 11.6 Å². The molecule has 0 amide bonds. The van der Waals surface area contributed by atoms with Crippen molar-refractivity contribution >= 4 is 6.47 Å². The fraction of sp³-hybridized carbons (Fsp3) is 0. The molecular weight excluding hydrogens is 201 g/mol. The van der Waals surface area contributed by atoms with E-state index in [1.54, 1.807) is 0 Å². The van der Waals surface area contributed by atoms with Crippen molar-refractivity contribution < 1.29 is 49.8 Å². The van der Waals surface area contributed by atoms with Crippen LogP contribution in [0.15, 0.2) is 0 Å². The van der Waals surface area contributed by atoms with Gasteiger partial charge < -0.3 is 5.11 Å². The molecule has 0 aromatic rings. The van der Waals surface area contributed by atoms with E-state index >= 15 is 0 Å². The van der Waals surface area contributed by atoms with E-state index in [9.17, 15) is 0 Å². The van der Waals surface area contributed by atoms with E-state index in [1.807, 2.05) is 0 Å². The Kier molecular flexibility index (Phi) is 20.3. The molecule has 0 aromatic carbocycles. The van der Waals surface area contributed by atoms with Gasteiger partial charge in [-0.1, -0.05) is 0 Å². The zero-order valence-corrected chi connectivity index (χ0v) is 4.05. The first-order valence-electron chi connectivity index (χ1n) is 0.494. The van der Waals surface area contributed by atoms with Gasteiger partial charge in [0.2, 0.25) is 0 Å². The molecule has 0 aliphatic carbocycles. The normalized spacial score (nSPS) is 3.00. The van der Waals surface area contributed by atoms with Gasteiger partial charge in [-0.05, 0) is 0 Å². The second-order valence-corrected chi connectivity index (χ2v) is 0.105. The SMILES string of the molecule is O=CO.[Gd]. The van der Waals surface area contributed by atoms with Gasteiger partial charge in [-0.15, -0.1) is 0 Å². The Morgan fingerprint density at radius 2 is 1.75 bits per heavy atom. The molecule has 0 aliphatic rings. The van der Waals surface area contributed by atoms with E-state index in [2.05, 4.69) is 0 Å². The van der Waals surface area contributed by atoms with Crippen LogP contribution >= 0.6 is 0 Å². The Morgan fingerprint density at radius 3 is 1.75 bits per heavy atom. The number of carboxylic acid groups (broad SMARTS) is 1. The summed E-state index contributed by atoms with van der Waals surface area (Å²) in [5.41, 5.74) is 0. The van der Waals surface area contributed by atoms with Gasteiger partial charge in [0.05, 0.1) is 0 Å². The largest absolute Gasteiger partial charge is 0.483 e. The molecule has 0 heterocycles. The Labute approximate surface area is 55.9 Å². The van der Waals surface area contributed by atoms with Gasteiger partial charge >= 0.3 is 0 Å². The second kappa shape index (κ2) is 9.20. The van der Waals surface area contributed by atoms with E-state index in [0.717, 1.165) is 0 Å². The Balaban J connectivity index is 0. The van der Waals surface area contributed by atoms with Crippen molar-refractivity contribution in [3.63, 3.8) is 0 Å². The molecule has 0 saturated carbocycles. The molecule has 2 nitrogen and oxygen atoms in total. The Morgan fingerprint density at radius 1 is 1.75 bits per heavy atom. The average Bonchev–Trinajstić information content (AvgIpc) is 0.918. The molecule has 0 bridgehead atoms. The maximum atomic E-state index is 8.36. The monoisotopic (exact) mass is 204 g/mol. The Bertz CT molecular complexity index is 13.5. The number of rotatable bonds is 0. The molecule has 0 saturated heterocycles. The quantitative estimate of drug-likeness (QED) is 0.549. The zero-order valence-electron chi connectivity index (χ0n) is 1.79. The molecule has 0 rings (SSSR count). The number of hydrogen-bond donors (Lipinski definition) is 1. The molecule has 4 heavy (non-hydrogen) atoms. The van der Waals surface area contributed by atoms with Gasteiger partial charge in [0, 0.05) is 39.9 Å². The van der Waals surface area contributed by atoms with Crippen LogP contribution in [-0.2, 0) is 4.79 Å². The van der Waals surface area contributed by atoms with Gasteiger partial charge in [0.1, 0.15) is 0 Å². The molecule has 0 aromatic heterocycles. The van der Waals surface area contributed by atoms with Crippen LogP contribution in [0.1, 0.15) is 0 Å². The molecule has 26 valence electrons. The fourth-order valence-electron chi connectivity index (χ4n) is 0. The summed E-state index contributed by atoms with van der Waals surface area (Å²) in [4.78, 5) is 8.36. The van der Waals surface area contributed by atoms with E-state index in [-0.39, 0.29) is 46.4 Å². The van der Waals surface area contributed by atoms with Crippen molar-refractivity contribution in [2.75, 3.05) is 0 Å². The van der Waals surface area contributed by atoms with Gasteiger partial charge in [-0.2, -0.15) is 0 Å². The summed E-state index contributed by atoms with van der Waals surface area (Å²) in [6.45, 7) is -0.250. The van der Waals surface area contributed by atoms with Crippen LogP contribution in [0.25, 0.3) is 0 Å². The summed E-state index contributed by atoms with van der Waals surface area (Å²) in [5, 5.41) is 6.89. The van der Waals surface area contributed by atoms with Gasteiger partial charge in [-0.25, -0.2) is 0 Å². The van der Waals surface area contributed by atoms with E-state index in [1.165, 1.54) is 0 Å². The minimum Gasteiger partial charge on any atom is -0.483 e.